The highest BCUT2D eigenvalue weighted by Gasteiger charge is 2.65. The van der Waals surface area contributed by atoms with Gasteiger partial charge in [0.2, 0.25) is 23.6 Å². The minimum absolute atomic E-state index is 0.116. The molecule has 48 atom stereocenters. The van der Waals surface area contributed by atoms with Gasteiger partial charge in [-0.15, -0.1) is 0 Å². The van der Waals surface area contributed by atoms with E-state index < -0.39 is 383 Å². The predicted molar refractivity (Wildman–Crippen MR) is 508 cm³/mol. The lowest BCUT2D eigenvalue weighted by Gasteiger charge is -2.53. The van der Waals surface area contributed by atoms with E-state index in [0.717, 1.165) is 85.0 Å². The molecular weight excluding hydrogens is 2010 g/mol. The van der Waals surface area contributed by atoms with E-state index in [1.54, 1.807) is 6.08 Å². The number of ether oxygens (including phenoxy) is 18. The Hall–Kier alpha value is -4.63. The van der Waals surface area contributed by atoms with Crippen molar-refractivity contribution in [2.75, 3.05) is 52.9 Å². The summed E-state index contributed by atoms with van der Waals surface area (Å²) in [6.45, 7) is 0.453. The van der Waals surface area contributed by atoms with Crippen LogP contribution in [0.25, 0.3) is 0 Å². The van der Waals surface area contributed by atoms with Crippen molar-refractivity contribution >= 4 is 29.6 Å². The van der Waals surface area contributed by atoms with Crippen molar-refractivity contribution in [1.29, 1.82) is 0 Å². The Bertz CT molecular complexity index is 3910. The molecule has 4 amide bonds. The van der Waals surface area contributed by atoms with Crippen molar-refractivity contribution in [2.24, 2.45) is 0 Å². The lowest BCUT2D eigenvalue weighted by molar-refractivity contribution is -0.403. The molecular formula is C97H170N4O49. The summed E-state index contributed by atoms with van der Waals surface area (Å²) < 4.78 is 110. The lowest BCUT2D eigenvalue weighted by Crippen LogP contribution is -2.72. The van der Waals surface area contributed by atoms with Crippen LogP contribution in [-0.4, -0.2) is 509 Å². The van der Waals surface area contributed by atoms with E-state index in [1.165, 1.54) is 103 Å². The van der Waals surface area contributed by atoms with Crippen LogP contribution in [0.1, 0.15) is 222 Å². The molecule has 9 fully saturated rings. The molecule has 0 radical (unpaired) electrons. The van der Waals surface area contributed by atoms with Crippen molar-refractivity contribution in [2.45, 2.75) is 516 Å². The van der Waals surface area contributed by atoms with Gasteiger partial charge in [-0.3, -0.25) is 19.2 Å². The van der Waals surface area contributed by atoms with Gasteiger partial charge in [-0.05, 0) is 33.1 Å². The molecule has 9 aliphatic heterocycles. The summed E-state index contributed by atoms with van der Waals surface area (Å²) in [6, 6.07) is -7.24. The van der Waals surface area contributed by atoms with Crippen LogP contribution in [-0.2, 0) is 109 Å². The average Bonchev–Trinajstić information content (AvgIpc) is 0.735. The summed E-state index contributed by atoms with van der Waals surface area (Å²) in [6.07, 6.45) is -63.0. The molecule has 0 aromatic rings. The van der Waals surface area contributed by atoms with E-state index in [4.69, 9.17) is 85.3 Å². The third kappa shape index (κ3) is 34.7. The van der Waals surface area contributed by atoms with Crippen LogP contribution in [0.15, 0.2) is 12.2 Å². The van der Waals surface area contributed by atoms with Crippen LogP contribution in [0.3, 0.4) is 0 Å². The molecule has 150 heavy (non-hydrogen) atoms. The normalized spacial score (nSPS) is 40.5. The number of aliphatic carboxylic acids is 1. The molecule has 872 valence electrons. The summed E-state index contributed by atoms with van der Waals surface area (Å²) in [5.74, 6) is -9.00. The van der Waals surface area contributed by atoms with Gasteiger partial charge >= 0.3 is 5.97 Å². The van der Waals surface area contributed by atoms with Crippen molar-refractivity contribution < 1.29 is 242 Å². The molecule has 0 bridgehead atoms. The summed E-state index contributed by atoms with van der Waals surface area (Å²) in [4.78, 5) is 67.4. The predicted octanol–water partition coefficient (Wildman–Crippen LogP) is -8.33. The topological polar surface area (TPSA) is 826 Å². The van der Waals surface area contributed by atoms with E-state index in [9.17, 15) is 157 Å². The quantitative estimate of drug-likeness (QED) is 0.0199. The number of carbonyl (C=O) groups excluding carboxylic acids is 4. The van der Waals surface area contributed by atoms with Crippen LogP contribution in [0.4, 0.5) is 0 Å². The molecule has 0 aliphatic carbocycles. The Morgan fingerprint density at radius 3 is 1.09 bits per heavy atom. The molecule has 53 nitrogen and oxygen atoms in total. The first kappa shape index (κ1) is 129. The van der Waals surface area contributed by atoms with Gasteiger partial charge in [0.25, 0.3) is 5.79 Å². The van der Waals surface area contributed by atoms with E-state index in [0.29, 0.717) is 12.8 Å². The second kappa shape index (κ2) is 63.4. The Morgan fingerprint density at radius 2 is 0.693 bits per heavy atom. The first-order valence-corrected chi connectivity index (χ1v) is 52.8. The number of allylic oxidation sites excluding steroid dienone is 1. The third-order valence-corrected chi connectivity index (χ3v) is 28.9. The summed E-state index contributed by atoms with van der Waals surface area (Å²) in [5, 5.41) is 308. The number of unbranched alkanes of at least 4 members (excludes halogenated alkanes) is 23. The number of hydrogen-bond donors (Lipinski definition) is 30. The van der Waals surface area contributed by atoms with E-state index in [1.807, 2.05) is 0 Å². The molecule has 9 aliphatic rings. The molecule has 9 rings (SSSR count). The molecule has 0 aromatic heterocycles. The van der Waals surface area contributed by atoms with Gasteiger partial charge in [0.1, 0.15) is 201 Å². The lowest BCUT2D eigenvalue weighted by atomic mass is 9.88. The van der Waals surface area contributed by atoms with Crippen LogP contribution in [0.5, 0.6) is 0 Å². The number of carboxylic acid groups (broad SMARTS) is 1. The SMILES string of the molecule is CCCCCCCCCCCCC/C=C/[C@@H](O)[C@H](CO[C@@H]1OC(CO)[C@@H](O[C@@H]2OC(CO)[C@H](O)[C@H](O[C@@H]3OC(CO)[C@@H](O[C@@H]4OC(CO)[C@H](O)[C@H](O[C@@H]5OC(CO)[C@@H](O[C@H]6OC(C)[C@@H](O)C(O)[C@@H]6O)[C@H](O[C@@H]6OC(CO)[C@H](O)[C@H](O[C@]7(C(=O)O)CC(O)[C@@H](NC(C)=O)C([C@H](O)[C@H](O)CO)O7)C6O)C5NC(C)=O)C4O)[C@H](O[C@H]4OC(C)[C@@H](O)C(O)[C@@H]4O)C3NC(C)=O)C2O)[C@H](O)C1O)NC(=O)CCCCCCCCCCCCCCC. The molecule has 53 heteroatoms. The fourth-order valence-corrected chi connectivity index (χ4v) is 20.2. The van der Waals surface area contributed by atoms with Gasteiger partial charge < -0.3 is 239 Å². The van der Waals surface area contributed by atoms with Gasteiger partial charge in [0.05, 0.1) is 89.4 Å². The van der Waals surface area contributed by atoms with Crippen LogP contribution < -0.4 is 21.3 Å². The highest BCUT2D eigenvalue weighted by Crippen LogP contribution is 2.44. The van der Waals surface area contributed by atoms with E-state index >= 15 is 0 Å². The minimum atomic E-state index is -3.39. The average molecular weight is 2180 g/mol. The smallest absolute Gasteiger partial charge is 0.364 e. The molecule has 9 heterocycles. The number of aliphatic hydroxyl groups excluding tert-OH is 25. The Morgan fingerprint density at radius 1 is 0.360 bits per heavy atom. The zero-order valence-corrected chi connectivity index (χ0v) is 86.1. The molecule has 0 saturated carbocycles. The summed E-state index contributed by atoms with van der Waals surface area (Å²) in [7, 11) is 0. The largest absolute Gasteiger partial charge is 0.477 e. The van der Waals surface area contributed by atoms with Crippen LogP contribution in [0.2, 0.25) is 0 Å². The van der Waals surface area contributed by atoms with Gasteiger partial charge in [-0.25, -0.2) is 4.79 Å². The number of hydrogen-bond acceptors (Lipinski definition) is 48. The maximum atomic E-state index is 13.8. The maximum Gasteiger partial charge on any atom is 0.364 e. The molecule has 0 aromatic carbocycles. The number of aliphatic hydroxyl groups is 25. The van der Waals surface area contributed by atoms with E-state index in [-0.39, 0.29) is 6.42 Å². The van der Waals surface area contributed by atoms with Gasteiger partial charge in [-0.2, -0.15) is 0 Å². The first-order chi connectivity index (χ1) is 71.5. The highest BCUT2D eigenvalue weighted by molar-refractivity contribution is 5.77. The molecule has 0 spiro atoms. The fraction of sp³-hybridized carbons (Fsp3) is 0.928. The van der Waals surface area contributed by atoms with Crippen molar-refractivity contribution in [1.82, 2.24) is 21.3 Å². The monoisotopic (exact) mass is 2180 g/mol. The number of carboxylic acids is 1. The van der Waals surface area contributed by atoms with Crippen LogP contribution in [0, 0.1) is 0 Å². The number of rotatable bonds is 61. The van der Waals surface area contributed by atoms with Crippen molar-refractivity contribution in [3.63, 3.8) is 0 Å². The van der Waals surface area contributed by atoms with E-state index in [2.05, 4.69) is 35.1 Å². The second-order valence-electron chi connectivity index (χ2n) is 40.5. The molecule has 9 saturated heterocycles. The maximum absolute atomic E-state index is 13.8. The molecule has 30 N–H and O–H groups in total. The van der Waals surface area contributed by atoms with Crippen molar-refractivity contribution in [3.8, 4) is 0 Å². The summed E-state index contributed by atoms with van der Waals surface area (Å²) >= 11 is 0. The number of amides is 4. The number of carbonyl (C=O) groups is 5. The first-order valence-electron chi connectivity index (χ1n) is 52.8. The minimum Gasteiger partial charge on any atom is -0.477 e. The van der Waals surface area contributed by atoms with Gasteiger partial charge in [0, 0.05) is 33.6 Å². The zero-order chi connectivity index (χ0) is 110. The Balaban J connectivity index is 0.974. The molecule has 18 unspecified atom stereocenters. The Labute approximate surface area is 870 Å². The van der Waals surface area contributed by atoms with Gasteiger partial charge in [0.15, 0.2) is 50.3 Å². The zero-order valence-electron chi connectivity index (χ0n) is 86.1. The number of nitrogens with one attached hydrogen (secondary N) is 4. The standard InChI is InChI=1S/C97H170N4O49/c1-8-10-12-14-16-18-20-22-24-26-28-30-32-34-51(112)50(101-60(115)35-33-31-29-27-25-23-21-19-17-15-13-11-9-2)44-133-90-75(127)72(124)79(57(41-106)141-90)142-93-76(128)85(67(119)54(38-103)136-93)147-88-62(99-48(6)110)83(145-92-74(126)71(123)65(117)46(4)135-92)81(59(43-108)140-88)144-94-77(129)86(68(120)55(39-104)137-94)148-89-63(100-49(7)111)84(80(58(42-107)139-89)143-91-73(125)70(122)64(116)45(3)134-91)146-95-78(130)87(69(121)56(40-105)138-95)150-97(96(131)132)36-52(113)61(98-47(5)109)82(149-97)66(118)53(114)37-102/h32,34,45-46,50-59,61-95,102-108,112-114,116-130H,8-31,33,35-44H2,1-7H3,(H,98,109)(H,99,110)(H,100,111)(H,101,115)(H,131,132)/b34-32+/t45?,46?,50-,51+,52?,53+,54?,55?,56?,57?,58?,59?,61+,62?,63?,64+,65+,66+,67-,68-,69-,70?,71?,72+,73-,74-,75?,76?,77?,78?,79+,80+,81+,82?,83+,84+,85-,86-,87-,88-,89-,90+,91+,92+,93-,94-,95-,97-/m0/s1. The Kier molecular flexibility index (Phi) is 54.4. The highest BCUT2D eigenvalue weighted by atomic mass is 16.8. The van der Waals surface area contributed by atoms with Crippen molar-refractivity contribution in [3.05, 3.63) is 12.2 Å². The second-order valence-corrected chi connectivity index (χ2v) is 40.5. The fourth-order valence-electron chi connectivity index (χ4n) is 20.2. The summed E-state index contributed by atoms with van der Waals surface area (Å²) in [5.41, 5.74) is 0. The third-order valence-electron chi connectivity index (χ3n) is 28.9. The van der Waals surface area contributed by atoms with Crippen LogP contribution >= 0.6 is 0 Å². The van der Waals surface area contributed by atoms with Gasteiger partial charge in [-0.1, -0.05) is 167 Å².